The van der Waals surface area contributed by atoms with E-state index in [1.807, 2.05) is 34.6 Å². The molecule has 37 heavy (non-hydrogen) atoms. The van der Waals surface area contributed by atoms with Crippen molar-refractivity contribution in [3.8, 4) is 5.75 Å². The van der Waals surface area contributed by atoms with E-state index in [9.17, 15) is 29.4 Å². The second-order valence-electron chi connectivity index (χ2n) is 10.2. The summed E-state index contributed by atoms with van der Waals surface area (Å²) in [6.07, 6.45) is 1.61. The van der Waals surface area contributed by atoms with Crippen LogP contribution >= 0.6 is 0 Å². The van der Waals surface area contributed by atoms with Crippen LogP contribution in [0.3, 0.4) is 0 Å². The Balaban J connectivity index is 3.20. The first kappa shape index (κ1) is 31.9. The van der Waals surface area contributed by atoms with E-state index in [4.69, 9.17) is 5.73 Å². The van der Waals surface area contributed by atoms with Gasteiger partial charge in [-0.05, 0) is 41.9 Å². The molecule has 0 aromatic heterocycles. The summed E-state index contributed by atoms with van der Waals surface area (Å²) in [4.78, 5) is 51.1. The number of rotatable bonds is 15. The fourth-order valence-electron chi connectivity index (χ4n) is 3.77. The van der Waals surface area contributed by atoms with E-state index < -0.39 is 47.9 Å². The summed E-state index contributed by atoms with van der Waals surface area (Å²) in [5, 5.41) is 27.2. The molecule has 0 saturated carbocycles. The van der Waals surface area contributed by atoms with Crippen molar-refractivity contribution < 1.29 is 29.4 Å². The van der Waals surface area contributed by atoms with Gasteiger partial charge in [0.05, 0.1) is 6.04 Å². The highest BCUT2D eigenvalue weighted by atomic mass is 16.4. The van der Waals surface area contributed by atoms with Gasteiger partial charge in [-0.15, -0.1) is 0 Å². The van der Waals surface area contributed by atoms with Crippen LogP contribution < -0.4 is 21.7 Å². The molecule has 3 amide bonds. The first-order chi connectivity index (χ1) is 17.3. The van der Waals surface area contributed by atoms with Gasteiger partial charge >= 0.3 is 5.97 Å². The maximum atomic E-state index is 13.3. The average Bonchev–Trinajstić information content (AvgIpc) is 2.85. The smallest absolute Gasteiger partial charge is 0.326 e. The van der Waals surface area contributed by atoms with Gasteiger partial charge in [0.15, 0.2) is 0 Å². The van der Waals surface area contributed by atoms with E-state index in [0.29, 0.717) is 24.8 Å². The molecule has 0 bridgehead atoms. The average molecular weight is 521 g/mol. The quantitative estimate of drug-likeness (QED) is 0.205. The summed E-state index contributed by atoms with van der Waals surface area (Å²) in [6.45, 7) is 11.1. The second kappa shape index (κ2) is 15.2. The van der Waals surface area contributed by atoms with Crippen molar-refractivity contribution >= 4 is 23.7 Å². The summed E-state index contributed by atoms with van der Waals surface area (Å²) in [7, 11) is 0. The molecule has 0 aliphatic heterocycles. The fourth-order valence-corrected chi connectivity index (χ4v) is 3.77. The van der Waals surface area contributed by atoms with Crippen LogP contribution in [0, 0.1) is 17.8 Å². The third-order valence-corrected chi connectivity index (χ3v) is 6.69. The number of hydrogen-bond acceptors (Lipinski definition) is 6. The Morgan fingerprint density at radius 3 is 1.81 bits per heavy atom. The van der Waals surface area contributed by atoms with Gasteiger partial charge < -0.3 is 31.9 Å². The number of phenols is 1. The Morgan fingerprint density at radius 2 is 1.32 bits per heavy atom. The molecule has 0 heterocycles. The van der Waals surface area contributed by atoms with Gasteiger partial charge in [0.25, 0.3) is 0 Å². The molecule has 0 aliphatic carbocycles. The number of aromatic hydroxyl groups is 1. The molecule has 10 nitrogen and oxygen atoms in total. The number of carbonyl (C=O) groups excluding carboxylic acids is 3. The molecule has 208 valence electrons. The van der Waals surface area contributed by atoms with Crippen molar-refractivity contribution in [2.75, 3.05) is 0 Å². The normalized spacial score (nSPS) is 16.1. The zero-order valence-corrected chi connectivity index (χ0v) is 22.8. The monoisotopic (exact) mass is 520 g/mol. The first-order valence-electron chi connectivity index (χ1n) is 13.0. The van der Waals surface area contributed by atoms with Crippen molar-refractivity contribution in [3.05, 3.63) is 29.8 Å². The molecule has 0 fully saturated rings. The lowest BCUT2D eigenvalue weighted by Crippen LogP contribution is -2.58. The van der Waals surface area contributed by atoms with Crippen LogP contribution in [-0.4, -0.2) is 58.1 Å². The summed E-state index contributed by atoms with van der Waals surface area (Å²) in [5.74, 6) is -3.13. The topological polar surface area (TPSA) is 171 Å². The maximum Gasteiger partial charge on any atom is 0.326 e. The number of nitrogens with two attached hydrogens (primary N) is 1. The molecule has 6 atom stereocenters. The summed E-state index contributed by atoms with van der Waals surface area (Å²) in [6, 6.07) is 2.20. The predicted octanol–water partition coefficient (Wildman–Crippen LogP) is 1.94. The predicted molar refractivity (Wildman–Crippen MR) is 142 cm³/mol. The lowest BCUT2D eigenvalue weighted by atomic mass is 9.97. The van der Waals surface area contributed by atoms with Gasteiger partial charge in [-0.2, -0.15) is 0 Å². The van der Waals surface area contributed by atoms with Crippen LogP contribution in [0.25, 0.3) is 0 Å². The molecule has 7 N–H and O–H groups in total. The van der Waals surface area contributed by atoms with Crippen molar-refractivity contribution in [3.63, 3.8) is 0 Å². The number of nitrogens with one attached hydrogen (secondary N) is 3. The Bertz CT molecular complexity index is 905. The van der Waals surface area contributed by atoms with Gasteiger partial charge in [0.1, 0.15) is 23.9 Å². The molecule has 1 aromatic carbocycles. The van der Waals surface area contributed by atoms with E-state index >= 15 is 0 Å². The number of aliphatic carboxylic acids is 1. The fraction of sp³-hybridized carbons (Fsp3) is 0.630. The maximum absolute atomic E-state index is 13.3. The highest BCUT2D eigenvalue weighted by Crippen LogP contribution is 2.14. The number of carboxylic acid groups (broad SMARTS) is 1. The van der Waals surface area contributed by atoms with Gasteiger partial charge in [0, 0.05) is 6.42 Å². The lowest BCUT2D eigenvalue weighted by molar-refractivity contribution is -0.143. The van der Waals surface area contributed by atoms with E-state index in [-0.39, 0.29) is 29.9 Å². The van der Waals surface area contributed by atoms with Crippen LogP contribution in [-0.2, 0) is 25.6 Å². The summed E-state index contributed by atoms with van der Waals surface area (Å²) in [5.41, 5.74) is 6.70. The standard InChI is InChI=1S/C27H44N4O6/c1-7-16(5)22(28)26(35)30-20(13-15(3)4)24(33)29-21(14-18-9-11-19(32)12-10-18)25(34)31-23(27(36)37)17(6)8-2/h9-12,15-17,20-23,32H,7-8,13-14,28H2,1-6H3,(H,29,33)(H,30,35)(H,31,34)(H,36,37). The van der Waals surface area contributed by atoms with Crippen molar-refractivity contribution in [2.45, 2.75) is 91.4 Å². The molecule has 1 aromatic rings. The molecule has 1 rings (SSSR count). The van der Waals surface area contributed by atoms with Crippen molar-refractivity contribution in [1.82, 2.24) is 16.0 Å². The molecular weight excluding hydrogens is 476 g/mol. The number of hydrogen-bond donors (Lipinski definition) is 6. The third-order valence-electron chi connectivity index (χ3n) is 6.69. The first-order valence-corrected chi connectivity index (χ1v) is 13.0. The van der Waals surface area contributed by atoms with E-state index in [0.717, 1.165) is 0 Å². The molecule has 0 spiro atoms. The van der Waals surface area contributed by atoms with E-state index in [1.54, 1.807) is 19.1 Å². The Kier molecular flexibility index (Phi) is 13.1. The Hall–Kier alpha value is -3.14. The molecule has 10 heteroatoms. The minimum Gasteiger partial charge on any atom is -0.508 e. The van der Waals surface area contributed by atoms with Crippen molar-refractivity contribution in [1.29, 1.82) is 0 Å². The minimum absolute atomic E-state index is 0.0499. The summed E-state index contributed by atoms with van der Waals surface area (Å²) < 4.78 is 0. The molecule has 0 saturated heterocycles. The third kappa shape index (κ3) is 10.4. The zero-order chi connectivity index (χ0) is 28.3. The number of phenolic OH excluding ortho intramolecular Hbond substituents is 1. The van der Waals surface area contributed by atoms with Gasteiger partial charge in [-0.1, -0.05) is 66.5 Å². The van der Waals surface area contributed by atoms with E-state index in [2.05, 4.69) is 16.0 Å². The molecular formula is C27H44N4O6. The molecule has 0 aliphatic rings. The highest BCUT2D eigenvalue weighted by molar-refractivity contribution is 5.94. The van der Waals surface area contributed by atoms with E-state index in [1.165, 1.54) is 12.1 Å². The van der Waals surface area contributed by atoms with Crippen molar-refractivity contribution in [2.24, 2.45) is 23.5 Å². The Labute approximate surface area is 219 Å². The number of amides is 3. The zero-order valence-electron chi connectivity index (χ0n) is 22.8. The summed E-state index contributed by atoms with van der Waals surface area (Å²) >= 11 is 0. The second-order valence-corrected chi connectivity index (χ2v) is 10.2. The van der Waals surface area contributed by atoms with Gasteiger partial charge in [0.2, 0.25) is 17.7 Å². The van der Waals surface area contributed by atoms with Crippen LogP contribution in [0.5, 0.6) is 5.75 Å². The SMILES string of the molecule is CCC(C)C(N)C(=O)NC(CC(C)C)C(=O)NC(Cc1ccc(O)cc1)C(=O)NC(C(=O)O)C(C)CC. The van der Waals surface area contributed by atoms with Crippen LogP contribution in [0.15, 0.2) is 24.3 Å². The molecule has 6 unspecified atom stereocenters. The largest absolute Gasteiger partial charge is 0.508 e. The number of carboxylic acids is 1. The van der Waals surface area contributed by atoms with Gasteiger partial charge in [-0.25, -0.2) is 4.79 Å². The van der Waals surface area contributed by atoms with Crippen LogP contribution in [0.4, 0.5) is 0 Å². The molecule has 0 radical (unpaired) electrons. The Morgan fingerprint density at radius 1 is 0.811 bits per heavy atom. The van der Waals surface area contributed by atoms with Crippen LogP contribution in [0.2, 0.25) is 0 Å². The number of benzene rings is 1. The number of carbonyl (C=O) groups is 4. The van der Waals surface area contributed by atoms with Gasteiger partial charge in [-0.3, -0.25) is 14.4 Å². The van der Waals surface area contributed by atoms with Crippen LogP contribution in [0.1, 0.15) is 66.4 Å². The highest BCUT2D eigenvalue weighted by Gasteiger charge is 2.32. The lowest BCUT2D eigenvalue weighted by Gasteiger charge is -2.28. The minimum atomic E-state index is -1.17.